The maximum atomic E-state index is 12.4. The van der Waals surface area contributed by atoms with Gasteiger partial charge in [0.25, 0.3) is 11.6 Å². The van der Waals surface area contributed by atoms with Gasteiger partial charge in [-0.2, -0.15) is 0 Å². The number of nitrogens with two attached hydrogens (primary N) is 1. The third kappa shape index (κ3) is 3.30. The number of amides is 1. The van der Waals surface area contributed by atoms with Gasteiger partial charge in [0.05, 0.1) is 10.5 Å². The highest BCUT2D eigenvalue weighted by Gasteiger charge is 2.26. The average Bonchev–Trinajstić information content (AvgIpc) is 2.43. The summed E-state index contributed by atoms with van der Waals surface area (Å²) in [7, 11) is 0. The molecule has 1 amide bonds. The molecule has 0 spiro atoms. The lowest BCUT2D eigenvalue weighted by Gasteiger charge is -2.30. The van der Waals surface area contributed by atoms with E-state index in [2.05, 4.69) is 10.6 Å². The maximum absolute atomic E-state index is 12.4. The Morgan fingerprint density at radius 3 is 2.86 bits per heavy atom. The van der Waals surface area contributed by atoms with E-state index in [4.69, 9.17) is 5.73 Å². The number of rotatable bonds is 3. The third-order valence-electron chi connectivity index (χ3n) is 3.82. The van der Waals surface area contributed by atoms with Gasteiger partial charge in [0.2, 0.25) is 0 Å². The predicted molar refractivity (Wildman–Crippen MR) is 80.2 cm³/mol. The minimum atomic E-state index is -0.566. The minimum absolute atomic E-state index is 0.00483. The number of nitrogen functional groups attached to an aromatic ring is 1. The number of carbonyl (C=O) groups excluding carboxylic acids is 1. The molecule has 2 atom stereocenters. The van der Waals surface area contributed by atoms with Crippen molar-refractivity contribution in [1.29, 1.82) is 0 Å². The Hall–Kier alpha value is -2.15. The van der Waals surface area contributed by atoms with Gasteiger partial charge in [0.15, 0.2) is 0 Å². The molecule has 0 radical (unpaired) electrons. The average molecular weight is 292 g/mol. The van der Waals surface area contributed by atoms with Gasteiger partial charge in [-0.25, -0.2) is 0 Å². The molecule has 2 unspecified atom stereocenters. The summed E-state index contributed by atoms with van der Waals surface area (Å²) in [6.45, 7) is 4.64. The van der Waals surface area contributed by atoms with Crippen molar-refractivity contribution in [3.05, 3.63) is 33.4 Å². The van der Waals surface area contributed by atoms with Gasteiger partial charge in [-0.05, 0) is 44.9 Å². The second-order valence-electron chi connectivity index (χ2n) is 5.47. The van der Waals surface area contributed by atoms with E-state index in [9.17, 15) is 14.9 Å². The van der Waals surface area contributed by atoms with Gasteiger partial charge in [-0.1, -0.05) is 0 Å². The van der Waals surface area contributed by atoms with Gasteiger partial charge >= 0.3 is 0 Å². The Labute approximate surface area is 123 Å². The molecule has 2 rings (SSSR count). The van der Waals surface area contributed by atoms with Gasteiger partial charge < -0.3 is 16.4 Å². The number of nitro benzene ring substituents is 1. The molecule has 1 aliphatic rings. The molecule has 7 heteroatoms. The number of anilines is 1. The summed E-state index contributed by atoms with van der Waals surface area (Å²) >= 11 is 0. The highest BCUT2D eigenvalue weighted by Crippen LogP contribution is 2.27. The topological polar surface area (TPSA) is 110 Å². The molecular formula is C14H20N4O3. The maximum Gasteiger partial charge on any atom is 0.293 e. The molecule has 0 saturated carbocycles. The molecule has 114 valence electrons. The first-order chi connectivity index (χ1) is 9.90. The van der Waals surface area contributed by atoms with Crippen LogP contribution in [0.15, 0.2) is 12.1 Å². The van der Waals surface area contributed by atoms with Crippen LogP contribution in [-0.2, 0) is 0 Å². The molecule has 0 aromatic heterocycles. The number of aryl methyl sites for hydroxylation is 1. The number of hydrogen-bond acceptors (Lipinski definition) is 5. The van der Waals surface area contributed by atoms with E-state index in [0.29, 0.717) is 5.56 Å². The molecule has 1 aromatic carbocycles. The van der Waals surface area contributed by atoms with E-state index >= 15 is 0 Å². The zero-order valence-corrected chi connectivity index (χ0v) is 12.2. The zero-order chi connectivity index (χ0) is 15.6. The fourth-order valence-electron chi connectivity index (χ4n) is 2.60. The lowest BCUT2D eigenvalue weighted by Crippen LogP contribution is -2.52. The highest BCUT2D eigenvalue weighted by atomic mass is 16.6. The largest absolute Gasteiger partial charge is 0.393 e. The van der Waals surface area contributed by atoms with Crippen LogP contribution in [0.1, 0.15) is 35.7 Å². The summed E-state index contributed by atoms with van der Waals surface area (Å²) in [6, 6.07) is 3.13. The van der Waals surface area contributed by atoms with Crippen LogP contribution in [0.25, 0.3) is 0 Å². The first kappa shape index (κ1) is 15.2. The van der Waals surface area contributed by atoms with Crippen molar-refractivity contribution in [2.75, 3.05) is 12.3 Å². The number of nitro groups is 1. The SMILES string of the molecule is Cc1cc(C(=O)NC2CCCNC2C)c(N)c([N+](=O)[O-])c1. The van der Waals surface area contributed by atoms with Crippen LogP contribution in [0.4, 0.5) is 11.4 Å². The summed E-state index contributed by atoms with van der Waals surface area (Å²) in [5, 5.41) is 17.2. The lowest BCUT2D eigenvalue weighted by molar-refractivity contribution is -0.384. The van der Waals surface area contributed by atoms with Gasteiger partial charge in [0, 0.05) is 18.2 Å². The van der Waals surface area contributed by atoms with Gasteiger partial charge in [-0.3, -0.25) is 14.9 Å². The minimum Gasteiger partial charge on any atom is -0.393 e. The monoisotopic (exact) mass is 292 g/mol. The normalized spacial score (nSPS) is 21.8. The van der Waals surface area contributed by atoms with E-state index in [1.165, 1.54) is 6.07 Å². The third-order valence-corrected chi connectivity index (χ3v) is 3.82. The van der Waals surface area contributed by atoms with E-state index in [0.717, 1.165) is 19.4 Å². The van der Waals surface area contributed by atoms with Crippen molar-refractivity contribution >= 4 is 17.3 Å². The zero-order valence-electron chi connectivity index (χ0n) is 12.2. The Bertz CT molecular complexity index is 574. The van der Waals surface area contributed by atoms with Gasteiger partial charge in [-0.15, -0.1) is 0 Å². The molecule has 1 saturated heterocycles. The number of carbonyl (C=O) groups is 1. The Balaban J connectivity index is 2.24. The fourth-order valence-corrected chi connectivity index (χ4v) is 2.60. The van der Waals surface area contributed by atoms with Crippen molar-refractivity contribution in [2.24, 2.45) is 0 Å². The number of nitrogens with one attached hydrogen (secondary N) is 2. The molecular weight excluding hydrogens is 272 g/mol. The molecule has 1 aromatic rings. The lowest BCUT2D eigenvalue weighted by atomic mass is 9.99. The standard InChI is InChI=1S/C14H20N4O3/c1-8-6-10(13(15)12(7-8)18(20)21)14(19)17-11-4-3-5-16-9(11)2/h6-7,9,11,16H,3-5,15H2,1-2H3,(H,17,19). The molecule has 7 nitrogen and oxygen atoms in total. The number of hydrogen-bond donors (Lipinski definition) is 3. The van der Waals surface area contributed by atoms with Crippen LogP contribution in [0.5, 0.6) is 0 Å². The molecule has 0 aliphatic carbocycles. The summed E-state index contributed by atoms with van der Waals surface area (Å²) < 4.78 is 0. The van der Waals surface area contributed by atoms with Gasteiger partial charge in [0.1, 0.15) is 5.69 Å². The number of nitrogens with zero attached hydrogens (tertiary/aromatic N) is 1. The fraction of sp³-hybridized carbons (Fsp3) is 0.500. The first-order valence-corrected chi connectivity index (χ1v) is 6.99. The summed E-state index contributed by atoms with van der Waals surface area (Å²) in [6.07, 6.45) is 1.87. The van der Waals surface area contributed by atoms with E-state index in [1.807, 2.05) is 6.92 Å². The Morgan fingerprint density at radius 2 is 2.24 bits per heavy atom. The number of benzene rings is 1. The summed E-state index contributed by atoms with van der Waals surface area (Å²) in [4.78, 5) is 22.8. The van der Waals surface area contributed by atoms with Crippen LogP contribution in [0.3, 0.4) is 0 Å². The highest BCUT2D eigenvalue weighted by molar-refractivity contribution is 6.01. The Kier molecular flexibility index (Phi) is 4.42. The molecule has 1 heterocycles. The van der Waals surface area contributed by atoms with E-state index < -0.39 is 4.92 Å². The van der Waals surface area contributed by atoms with Crippen LogP contribution >= 0.6 is 0 Å². The second-order valence-corrected chi connectivity index (χ2v) is 5.47. The first-order valence-electron chi connectivity index (χ1n) is 6.99. The molecule has 0 bridgehead atoms. The quantitative estimate of drug-likeness (QED) is 0.442. The summed E-state index contributed by atoms with van der Waals surface area (Å²) in [5.74, 6) is -0.361. The van der Waals surface area contributed by atoms with Crippen molar-refractivity contribution in [2.45, 2.75) is 38.8 Å². The van der Waals surface area contributed by atoms with Crippen LogP contribution in [-0.4, -0.2) is 29.5 Å². The molecule has 1 aliphatic heterocycles. The number of piperidine rings is 1. The van der Waals surface area contributed by atoms with Crippen LogP contribution in [0, 0.1) is 17.0 Å². The van der Waals surface area contributed by atoms with Crippen molar-refractivity contribution < 1.29 is 9.72 Å². The summed E-state index contributed by atoms with van der Waals surface area (Å²) in [5.41, 5.74) is 6.27. The Morgan fingerprint density at radius 1 is 1.52 bits per heavy atom. The van der Waals surface area contributed by atoms with Crippen molar-refractivity contribution in [3.8, 4) is 0 Å². The smallest absolute Gasteiger partial charge is 0.293 e. The molecule has 1 fully saturated rings. The van der Waals surface area contributed by atoms with Crippen molar-refractivity contribution in [1.82, 2.24) is 10.6 Å². The van der Waals surface area contributed by atoms with Crippen molar-refractivity contribution in [3.63, 3.8) is 0 Å². The van der Waals surface area contributed by atoms with Crippen LogP contribution < -0.4 is 16.4 Å². The predicted octanol–water partition coefficient (Wildman–Crippen LogP) is 1.36. The van der Waals surface area contributed by atoms with E-state index in [1.54, 1.807) is 13.0 Å². The second kappa shape index (κ2) is 6.09. The molecule has 4 N–H and O–H groups in total. The van der Waals surface area contributed by atoms with Crippen LogP contribution in [0.2, 0.25) is 0 Å². The van der Waals surface area contributed by atoms with E-state index in [-0.39, 0.29) is 34.9 Å². The molecule has 21 heavy (non-hydrogen) atoms.